The molecule has 3 fully saturated rings. The van der Waals surface area contributed by atoms with Gasteiger partial charge in [0, 0.05) is 17.8 Å². The Morgan fingerprint density at radius 2 is 2.00 bits per heavy atom. The summed E-state index contributed by atoms with van der Waals surface area (Å²) in [5, 5.41) is 0. The number of carbonyl (C=O) groups is 2. The van der Waals surface area contributed by atoms with Crippen LogP contribution in [0.3, 0.4) is 0 Å². The van der Waals surface area contributed by atoms with Gasteiger partial charge in [0.1, 0.15) is 11.9 Å². The SMILES string of the molecule is CC1CC2OC(=O)C(C)C2CC2(C)C(=O)CCC12. The third-order valence-electron chi connectivity index (χ3n) is 5.85. The second-order valence-corrected chi connectivity index (χ2v) is 6.83. The van der Waals surface area contributed by atoms with Crippen molar-refractivity contribution >= 4 is 11.8 Å². The zero-order chi connectivity index (χ0) is 13.1. The van der Waals surface area contributed by atoms with Gasteiger partial charge >= 0.3 is 5.97 Å². The number of hydrogen-bond donors (Lipinski definition) is 0. The van der Waals surface area contributed by atoms with Crippen molar-refractivity contribution in [2.45, 2.75) is 52.6 Å². The monoisotopic (exact) mass is 250 g/mol. The minimum atomic E-state index is -0.207. The first kappa shape index (κ1) is 12.2. The molecule has 6 unspecified atom stereocenters. The van der Waals surface area contributed by atoms with Gasteiger partial charge in [0.2, 0.25) is 0 Å². The summed E-state index contributed by atoms with van der Waals surface area (Å²) in [4.78, 5) is 24.0. The lowest BCUT2D eigenvalue weighted by Crippen LogP contribution is -2.33. The van der Waals surface area contributed by atoms with Gasteiger partial charge in [0.05, 0.1) is 5.92 Å². The summed E-state index contributed by atoms with van der Waals surface area (Å²) in [5.74, 6) is 1.52. The number of hydrogen-bond acceptors (Lipinski definition) is 3. The van der Waals surface area contributed by atoms with Crippen LogP contribution in [0.4, 0.5) is 0 Å². The molecule has 0 amide bonds. The molecule has 0 aromatic carbocycles. The maximum absolute atomic E-state index is 12.3. The van der Waals surface area contributed by atoms with E-state index in [0.717, 1.165) is 25.7 Å². The Morgan fingerprint density at radius 3 is 2.72 bits per heavy atom. The van der Waals surface area contributed by atoms with Crippen LogP contribution >= 0.6 is 0 Å². The van der Waals surface area contributed by atoms with Crippen LogP contribution in [0.5, 0.6) is 0 Å². The van der Waals surface area contributed by atoms with Gasteiger partial charge in [-0.3, -0.25) is 9.59 Å². The third kappa shape index (κ3) is 1.49. The van der Waals surface area contributed by atoms with Gasteiger partial charge < -0.3 is 4.74 Å². The first-order chi connectivity index (χ1) is 8.43. The molecule has 1 heterocycles. The van der Waals surface area contributed by atoms with Gasteiger partial charge in [-0.05, 0) is 31.1 Å². The van der Waals surface area contributed by atoms with E-state index >= 15 is 0 Å². The molecule has 18 heavy (non-hydrogen) atoms. The van der Waals surface area contributed by atoms with Crippen LogP contribution in [0.25, 0.3) is 0 Å². The van der Waals surface area contributed by atoms with Gasteiger partial charge in [-0.15, -0.1) is 0 Å². The van der Waals surface area contributed by atoms with E-state index in [4.69, 9.17) is 4.74 Å². The van der Waals surface area contributed by atoms with E-state index in [2.05, 4.69) is 13.8 Å². The standard InChI is InChI=1S/C15H22O3/c1-8-6-12-10(9(2)14(17)18-12)7-15(3)11(8)4-5-13(15)16/h8-12H,4-7H2,1-3H3. The highest BCUT2D eigenvalue weighted by Crippen LogP contribution is 2.55. The molecule has 1 saturated heterocycles. The lowest BCUT2D eigenvalue weighted by Gasteiger charge is -2.33. The molecule has 0 aromatic rings. The zero-order valence-corrected chi connectivity index (χ0v) is 11.4. The van der Waals surface area contributed by atoms with Crippen molar-refractivity contribution in [1.82, 2.24) is 0 Å². The molecular weight excluding hydrogens is 228 g/mol. The fourth-order valence-electron chi connectivity index (χ4n) is 4.67. The molecule has 3 rings (SSSR count). The highest BCUT2D eigenvalue weighted by molar-refractivity contribution is 5.87. The summed E-state index contributed by atoms with van der Waals surface area (Å²) in [6.07, 6.45) is 3.59. The largest absolute Gasteiger partial charge is 0.462 e. The maximum atomic E-state index is 12.3. The van der Waals surface area contributed by atoms with Crippen molar-refractivity contribution in [3.63, 3.8) is 0 Å². The normalized spacial score (nSPS) is 51.6. The molecule has 3 aliphatic rings. The second kappa shape index (κ2) is 3.82. The Bertz CT molecular complexity index is 403. The van der Waals surface area contributed by atoms with E-state index in [1.807, 2.05) is 6.92 Å². The molecule has 6 atom stereocenters. The molecule has 2 saturated carbocycles. The van der Waals surface area contributed by atoms with Gasteiger partial charge in [-0.25, -0.2) is 0 Å². The molecule has 0 aromatic heterocycles. The predicted molar refractivity (Wildman–Crippen MR) is 66.8 cm³/mol. The molecule has 2 aliphatic carbocycles. The van der Waals surface area contributed by atoms with Crippen molar-refractivity contribution < 1.29 is 14.3 Å². The fraction of sp³-hybridized carbons (Fsp3) is 0.867. The number of fused-ring (bicyclic) bond motifs is 2. The molecule has 3 nitrogen and oxygen atoms in total. The Morgan fingerprint density at radius 1 is 1.28 bits per heavy atom. The highest BCUT2D eigenvalue weighted by atomic mass is 16.6. The minimum absolute atomic E-state index is 0.0359. The highest BCUT2D eigenvalue weighted by Gasteiger charge is 2.56. The predicted octanol–water partition coefficient (Wildman–Crippen LogP) is 2.58. The molecule has 0 spiro atoms. The number of ketones is 1. The molecule has 100 valence electrons. The van der Waals surface area contributed by atoms with E-state index in [-0.39, 0.29) is 29.3 Å². The molecule has 0 radical (unpaired) electrons. The number of carbonyl (C=O) groups excluding carboxylic acids is 2. The van der Waals surface area contributed by atoms with Crippen LogP contribution in [-0.2, 0) is 14.3 Å². The summed E-state index contributed by atoms with van der Waals surface area (Å²) < 4.78 is 5.52. The number of esters is 1. The van der Waals surface area contributed by atoms with Crippen LogP contribution in [-0.4, -0.2) is 17.9 Å². The Balaban J connectivity index is 1.96. The first-order valence-electron chi connectivity index (χ1n) is 7.17. The quantitative estimate of drug-likeness (QED) is 0.621. The van der Waals surface area contributed by atoms with E-state index in [0.29, 0.717) is 17.6 Å². The van der Waals surface area contributed by atoms with Gasteiger partial charge in [0.15, 0.2) is 0 Å². The second-order valence-electron chi connectivity index (χ2n) is 6.83. The van der Waals surface area contributed by atoms with Crippen LogP contribution in [0, 0.1) is 29.1 Å². The summed E-state index contributed by atoms with van der Waals surface area (Å²) in [7, 11) is 0. The fourth-order valence-corrected chi connectivity index (χ4v) is 4.67. The van der Waals surface area contributed by atoms with Crippen molar-refractivity contribution in [1.29, 1.82) is 0 Å². The number of Topliss-reactive ketones (excluding diaryl/α,β-unsaturated/α-hetero) is 1. The average molecular weight is 250 g/mol. The summed E-state index contributed by atoms with van der Waals surface area (Å²) >= 11 is 0. The van der Waals surface area contributed by atoms with Crippen LogP contribution in [0.2, 0.25) is 0 Å². The lowest BCUT2D eigenvalue weighted by atomic mass is 9.69. The molecule has 3 heteroatoms. The van der Waals surface area contributed by atoms with Crippen LogP contribution in [0.15, 0.2) is 0 Å². The van der Waals surface area contributed by atoms with Crippen LogP contribution < -0.4 is 0 Å². The minimum Gasteiger partial charge on any atom is -0.462 e. The van der Waals surface area contributed by atoms with Gasteiger partial charge in [0.25, 0.3) is 0 Å². The Labute approximate surface area is 108 Å². The van der Waals surface area contributed by atoms with E-state index in [1.165, 1.54) is 0 Å². The summed E-state index contributed by atoms with van der Waals surface area (Å²) in [6.45, 7) is 6.31. The van der Waals surface area contributed by atoms with Crippen molar-refractivity contribution in [3.8, 4) is 0 Å². The van der Waals surface area contributed by atoms with Gasteiger partial charge in [-0.1, -0.05) is 20.8 Å². The third-order valence-corrected chi connectivity index (χ3v) is 5.85. The number of ether oxygens (including phenoxy) is 1. The van der Waals surface area contributed by atoms with E-state index in [1.54, 1.807) is 0 Å². The van der Waals surface area contributed by atoms with Crippen LogP contribution in [0.1, 0.15) is 46.5 Å². The Kier molecular flexibility index (Phi) is 2.58. The molecule has 0 N–H and O–H groups in total. The molecular formula is C15H22O3. The molecule has 1 aliphatic heterocycles. The van der Waals surface area contributed by atoms with Gasteiger partial charge in [-0.2, -0.15) is 0 Å². The topological polar surface area (TPSA) is 43.4 Å². The lowest BCUT2D eigenvalue weighted by molar-refractivity contribution is -0.144. The van der Waals surface area contributed by atoms with Crippen molar-refractivity contribution in [3.05, 3.63) is 0 Å². The van der Waals surface area contributed by atoms with Crippen molar-refractivity contribution in [2.75, 3.05) is 0 Å². The average Bonchev–Trinajstić information content (AvgIpc) is 2.69. The number of rotatable bonds is 0. The summed E-state index contributed by atoms with van der Waals surface area (Å²) in [5.41, 5.74) is -0.207. The molecule has 0 bridgehead atoms. The summed E-state index contributed by atoms with van der Waals surface area (Å²) in [6, 6.07) is 0. The first-order valence-corrected chi connectivity index (χ1v) is 7.17. The Hall–Kier alpha value is -0.860. The van der Waals surface area contributed by atoms with Crippen molar-refractivity contribution in [2.24, 2.45) is 29.1 Å². The van der Waals surface area contributed by atoms with E-state index in [9.17, 15) is 9.59 Å². The maximum Gasteiger partial charge on any atom is 0.309 e. The van der Waals surface area contributed by atoms with E-state index < -0.39 is 0 Å². The zero-order valence-electron chi connectivity index (χ0n) is 11.4. The smallest absolute Gasteiger partial charge is 0.309 e.